The molecule has 0 aliphatic carbocycles. The summed E-state index contributed by atoms with van der Waals surface area (Å²) in [5, 5.41) is 6.10. The quantitative estimate of drug-likeness (QED) is 0.703. The van der Waals surface area contributed by atoms with Gasteiger partial charge in [-0.15, -0.1) is 0 Å². The van der Waals surface area contributed by atoms with Crippen LogP contribution in [-0.2, 0) is 10.2 Å². The second kappa shape index (κ2) is 3.51. The zero-order valence-corrected chi connectivity index (χ0v) is 10.2. The maximum absolute atomic E-state index is 11.5. The smallest absolute Gasteiger partial charge is 0.246 e. The lowest BCUT2D eigenvalue weighted by atomic mass is 9.86. The molecule has 1 aromatic carbocycles. The molecule has 0 saturated carbocycles. The van der Waals surface area contributed by atoms with Crippen LogP contribution in [0.4, 0.5) is 11.4 Å². The summed E-state index contributed by atoms with van der Waals surface area (Å²) in [7, 11) is 0. The minimum atomic E-state index is -0.164. The van der Waals surface area contributed by atoms with E-state index in [1.54, 1.807) is 0 Å². The summed E-state index contributed by atoms with van der Waals surface area (Å²) >= 11 is 0. The van der Waals surface area contributed by atoms with E-state index in [0.29, 0.717) is 0 Å². The number of carbonyl (C=O) groups is 1. The first-order chi connectivity index (χ1) is 7.38. The van der Waals surface area contributed by atoms with Gasteiger partial charge in [0, 0.05) is 0 Å². The molecule has 1 amide bonds. The van der Waals surface area contributed by atoms with E-state index >= 15 is 0 Å². The Morgan fingerprint density at radius 1 is 1.19 bits per heavy atom. The largest absolute Gasteiger partial charge is 0.372 e. The average Bonchev–Trinajstić information content (AvgIpc) is 2.17. The van der Waals surface area contributed by atoms with Gasteiger partial charge in [-0.3, -0.25) is 4.79 Å². The number of hydrogen-bond donors (Lipinski definition) is 2. The fourth-order valence-electron chi connectivity index (χ4n) is 1.78. The third-order valence-corrected chi connectivity index (χ3v) is 2.91. The Labute approximate surface area is 96.2 Å². The first-order valence-electron chi connectivity index (χ1n) is 5.60. The molecule has 1 heterocycles. The normalized spacial score (nSPS) is 19.8. The predicted octanol–water partition coefficient (Wildman–Crippen LogP) is 2.74. The lowest BCUT2D eigenvalue weighted by Crippen LogP contribution is -2.36. The molecule has 0 fully saturated rings. The van der Waals surface area contributed by atoms with Crippen LogP contribution >= 0.6 is 0 Å². The first kappa shape index (κ1) is 11.0. The Hall–Kier alpha value is -1.51. The van der Waals surface area contributed by atoms with Gasteiger partial charge in [0.15, 0.2) is 0 Å². The standard InChI is InChI=1S/C13H18N2O/c1-8-12(16)15-10-6-5-9(13(2,3)4)7-11(10)14-8/h5-8,14H,1-4H3,(H,15,16). The van der Waals surface area contributed by atoms with Gasteiger partial charge >= 0.3 is 0 Å². The molecule has 1 aliphatic heterocycles. The van der Waals surface area contributed by atoms with Crippen LogP contribution in [0.2, 0.25) is 0 Å². The maximum atomic E-state index is 11.5. The molecule has 2 rings (SSSR count). The second-order valence-electron chi connectivity index (χ2n) is 5.37. The van der Waals surface area contributed by atoms with Crippen LogP contribution in [0.5, 0.6) is 0 Å². The Morgan fingerprint density at radius 3 is 2.50 bits per heavy atom. The molecule has 3 nitrogen and oxygen atoms in total. The van der Waals surface area contributed by atoms with Crippen LogP contribution in [0.15, 0.2) is 18.2 Å². The molecule has 0 aromatic heterocycles. The van der Waals surface area contributed by atoms with Gasteiger partial charge in [-0.05, 0) is 30.0 Å². The van der Waals surface area contributed by atoms with Crippen LogP contribution in [-0.4, -0.2) is 11.9 Å². The van der Waals surface area contributed by atoms with E-state index in [9.17, 15) is 4.79 Å². The fraction of sp³-hybridized carbons (Fsp3) is 0.462. The second-order valence-corrected chi connectivity index (χ2v) is 5.37. The summed E-state index contributed by atoms with van der Waals surface area (Å²) in [4.78, 5) is 11.5. The number of nitrogens with one attached hydrogen (secondary N) is 2. The summed E-state index contributed by atoms with van der Waals surface area (Å²) in [5.74, 6) is 0.0241. The molecular formula is C13H18N2O. The van der Waals surface area contributed by atoms with E-state index in [4.69, 9.17) is 0 Å². The lowest BCUT2D eigenvalue weighted by Gasteiger charge is -2.27. The summed E-state index contributed by atoms with van der Waals surface area (Å²) in [5.41, 5.74) is 3.28. The van der Waals surface area contributed by atoms with Crippen LogP contribution in [0.25, 0.3) is 0 Å². The van der Waals surface area contributed by atoms with E-state index < -0.39 is 0 Å². The first-order valence-corrected chi connectivity index (χ1v) is 5.60. The number of amides is 1. The Bertz CT molecular complexity index is 432. The van der Waals surface area contributed by atoms with Gasteiger partial charge in [0.05, 0.1) is 11.4 Å². The highest BCUT2D eigenvalue weighted by Gasteiger charge is 2.23. The van der Waals surface area contributed by atoms with Crippen molar-refractivity contribution in [3.63, 3.8) is 0 Å². The van der Waals surface area contributed by atoms with Crippen molar-refractivity contribution in [1.82, 2.24) is 0 Å². The lowest BCUT2D eigenvalue weighted by molar-refractivity contribution is -0.116. The average molecular weight is 218 g/mol. The van der Waals surface area contributed by atoms with Gasteiger partial charge in [0.25, 0.3) is 0 Å². The van der Waals surface area contributed by atoms with E-state index in [2.05, 4.69) is 43.5 Å². The summed E-state index contributed by atoms with van der Waals surface area (Å²) in [6.45, 7) is 8.40. The van der Waals surface area contributed by atoms with Crippen LogP contribution in [0.1, 0.15) is 33.3 Å². The summed E-state index contributed by atoms with van der Waals surface area (Å²) in [6, 6.07) is 5.98. The fourth-order valence-corrected chi connectivity index (χ4v) is 1.78. The summed E-state index contributed by atoms with van der Waals surface area (Å²) < 4.78 is 0. The van der Waals surface area contributed by atoms with Crippen molar-refractivity contribution in [1.29, 1.82) is 0 Å². The molecule has 1 unspecified atom stereocenters. The maximum Gasteiger partial charge on any atom is 0.246 e. The molecule has 86 valence electrons. The van der Waals surface area contributed by atoms with Gasteiger partial charge in [0.1, 0.15) is 6.04 Å². The Kier molecular flexibility index (Phi) is 2.41. The Morgan fingerprint density at radius 2 is 1.88 bits per heavy atom. The number of rotatable bonds is 0. The number of hydrogen-bond acceptors (Lipinski definition) is 2. The van der Waals surface area contributed by atoms with Crippen LogP contribution in [0, 0.1) is 0 Å². The SMILES string of the molecule is CC1Nc2cc(C(C)(C)C)ccc2NC1=O. The zero-order chi connectivity index (χ0) is 11.9. The van der Waals surface area contributed by atoms with Gasteiger partial charge in [-0.2, -0.15) is 0 Å². The van der Waals surface area contributed by atoms with E-state index in [0.717, 1.165) is 11.4 Å². The molecule has 2 N–H and O–H groups in total. The van der Waals surface area contributed by atoms with E-state index in [-0.39, 0.29) is 17.4 Å². The van der Waals surface area contributed by atoms with Crippen molar-refractivity contribution >= 4 is 17.3 Å². The van der Waals surface area contributed by atoms with Crippen molar-refractivity contribution in [3.8, 4) is 0 Å². The van der Waals surface area contributed by atoms with Crippen molar-refractivity contribution in [2.24, 2.45) is 0 Å². The van der Waals surface area contributed by atoms with Crippen molar-refractivity contribution in [2.75, 3.05) is 10.6 Å². The number of fused-ring (bicyclic) bond motifs is 1. The van der Waals surface area contributed by atoms with Crippen LogP contribution in [0.3, 0.4) is 0 Å². The van der Waals surface area contributed by atoms with Crippen molar-refractivity contribution in [2.45, 2.75) is 39.2 Å². The van der Waals surface area contributed by atoms with Crippen molar-refractivity contribution in [3.05, 3.63) is 23.8 Å². The van der Waals surface area contributed by atoms with Gasteiger partial charge < -0.3 is 10.6 Å². The molecule has 1 aliphatic rings. The third-order valence-electron chi connectivity index (χ3n) is 2.91. The summed E-state index contributed by atoms with van der Waals surface area (Å²) in [6.07, 6.45) is 0. The van der Waals surface area contributed by atoms with Crippen LogP contribution < -0.4 is 10.6 Å². The topological polar surface area (TPSA) is 41.1 Å². The van der Waals surface area contributed by atoms with E-state index in [1.165, 1.54) is 5.56 Å². The molecular weight excluding hydrogens is 200 g/mol. The van der Waals surface area contributed by atoms with Crippen molar-refractivity contribution < 1.29 is 4.79 Å². The number of carbonyl (C=O) groups excluding carboxylic acids is 1. The number of anilines is 2. The monoisotopic (exact) mass is 218 g/mol. The molecule has 1 atom stereocenters. The highest BCUT2D eigenvalue weighted by Crippen LogP contribution is 2.32. The number of benzene rings is 1. The van der Waals surface area contributed by atoms with Gasteiger partial charge in [-0.25, -0.2) is 0 Å². The van der Waals surface area contributed by atoms with Gasteiger partial charge in [-0.1, -0.05) is 26.8 Å². The molecule has 1 aromatic rings. The molecule has 0 radical (unpaired) electrons. The predicted molar refractivity (Wildman–Crippen MR) is 66.9 cm³/mol. The van der Waals surface area contributed by atoms with E-state index in [1.807, 2.05) is 13.0 Å². The molecule has 0 saturated heterocycles. The molecule has 0 bridgehead atoms. The van der Waals surface area contributed by atoms with Gasteiger partial charge in [0.2, 0.25) is 5.91 Å². The molecule has 3 heteroatoms. The highest BCUT2D eigenvalue weighted by atomic mass is 16.2. The molecule has 0 spiro atoms. The zero-order valence-electron chi connectivity index (χ0n) is 10.2. The highest BCUT2D eigenvalue weighted by molar-refractivity contribution is 6.02. The Balaban J connectivity index is 2.40. The molecule has 16 heavy (non-hydrogen) atoms. The third kappa shape index (κ3) is 1.90. The minimum Gasteiger partial charge on any atom is -0.372 e. The minimum absolute atomic E-state index is 0.0241.